The molecule has 0 bridgehead atoms. The molecule has 0 fully saturated rings. The van der Waals surface area contributed by atoms with Gasteiger partial charge in [-0.3, -0.25) is 9.59 Å². The number of hydrogen-bond donors (Lipinski definition) is 0. The summed E-state index contributed by atoms with van der Waals surface area (Å²) >= 11 is 6.09. The second kappa shape index (κ2) is 10.5. The molecule has 6 heteroatoms. The van der Waals surface area contributed by atoms with Crippen molar-refractivity contribution in [2.45, 2.75) is 25.4 Å². The summed E-state index contributed by atoms with van der Waals surface area (Å²) in [5, 5.41) is 0.575. The minimum Gasteiger partial charge on any atom is -0.497 e. The summed E-state index contributed by atoms with van der Waals surface area (Å²) in [6, 6.07) is 31.2. The van der Waals surface area contributed by atoms with Gasteiger partial charge in [-0.1, -0.05) is 54.1 Å². The molecule has 5 nitrogen and oxygen atoms in total. The van der Waals surface area contributed by atoms with Crippen LogP contribution in [0, 0.1) is 0 Å². The number of para-hydroxylation sites is 2. The molecular weight excluding hydrogens is 484 g/mol. The van der Waals surface area contributed by atoms with Crippen LogP contribution in [0.25, 0.3) is 0 Å². The van der Waals surface area contributed by atoms with E-state index in [2.05, 4.69) is 0 Å². The number of carbonyl (C=O) groups excluding carboxylic acids is 2. The highest BCUT2D eigenvalue weighted by Gasteiger charge is 2.39. The van der Waals surface area contributed by atoms with Gasteiger partial charge in [-0.2, -0.15) is 0 Å². The number of benzene rings is 4. The van der Waals surface area contributed by atoms with E-state index in [4.69, 9.17) is 16.3 Å². The molecule has 37 heavy (non-hydrogen) atoms. The first-order chi connectivity index (χ1) is 18.0. The van der Waals surface area contributed by atoms with E-state index in [0.717, 1.165) is 16.9 Å². The second-order valence-electron chi connectivity index (χ2n) is 9.08. The average Bonchev–Trinajstić information content (AvgIpc) is 2.94. The van der Waals surface area contributed by atoms with E-state index in [9.17, 15) is 9.59 Å². The Labute approximate surface area is 221 Å². The average molecular weight is 511 g/mol. The van der Waals surface area contributed by atoms with Crippen LogP contribution in [0.2, 0.25) is 5.02 Å². The van der Waals surface area contributed by atoms with Crippen LogP contribution >= 0.6 is 11.6 Å². The Hall–Kier alpha value is -4.09. The normalized spacial score (nSPS) is 16.6. The maximum absolute atomic E-state index is 14.0. The largest absolute Gasteiger partial charge is 0.497 e. The number of nitrogens with zero attached hydrogens (tertiary/aromatic N) is 2. The fourth-order valence-electron chi connectivity index (χ4n) is 4.99. The maximum Gasteiger partial charge on any atom is 0.258 e. The Kier molecular flexibility index (Phi) is 6.97. The molecule has 0 N–H and O–H groups in total. The highest BCUT2D eigenvalue weighted by atomic mass is 35.5. The molecule has 1 aliphatic heterocycles. The van der Waals surface area contributed by atoms with E-state index in [1.54, 1.807) is 43.5 Å². The zero-order chi connectivity index (χ0) is 25.9. The highest BCUT2D eigenvalue weighted by Crippen LogP contribution is 2.43. The molecular formula is C31H27ClN2O3. The fraction of sp³-hybridized carbons (Fsp3) is 0.161. The van der Waals surface area contributed by atoms with Crippen LogP contribution in [0.3, 0.4) is 0 Å². The van der Waals surface area contributed by atoms with Crippen LogP contribution < -0.4 is 14.5 Å². The van der Waals surface area contributed by atoms with Crippen molar-refractivity contribution in [2.75, 3.05) is 16.9 Å². The van der Waals surface area contributed by atoms with Gasteiger partial charge in [0, 0.05) is 33.6 Å². The van der Waals surface area contributed by atoms with Crippen LogP contribution in [-0.2, 0) is 0 Å². The number of amides is 2. The molecule has 5 rings (SSSR count). The van der Waals surface area contributed by atoms with Crippen molar-refractivity contribution >= 4 is 34.8 Å². The summed E-state index contributed by atoms with van der Waals surface area (Å²) in [5.41, 5.74) is 3.61. The predicted octanol–water partition coefficient (Wildman–Crippen LogP) is 7.18. The van der Waals surface area contributed by atoms with Crippen LogP contribution in [0.4, 0.5) is 11.4 Å². The van der Waals surface area contributed by atoms with Crippen LogP contribution in [0.15, 0.2) is 103 Å². The number of halogens is 1. The molecule has 186 valence electrons. The van der Waals surface area contributed by atoms with E-state index < -0.39 is 0 Å². The summed E-state index contributed by atoms with van der Waals surface area (Å²) in [6.07, 6.45) is 0.570. The molecule has 1 heterocycles. The minimum absolute atomic E-state index is 0.104. The zero-order valence-electron chi connectivity index (χ0n) is 20.7. The van der Waals surface area contributed by atoms with Crippen LogP contribution in [0.5, 0.6) is 5.75 Å². The smallest absolute Gasteiger partial charge is 0.258 e. The molecule has 0 aromatic heterocycles. The third-order valence-electron chi connectivity index (χ3n) is 6.75. The number of fused-ring (bicyclic) bond motifs is 1. The summed E-state index contributed by atoms with van der Waals surface area (Å²) in [4.78, 5) is 31.4. The number of methoxy groups -OCH3 is 1. The molecule has 2 amide bonds. The quantitative estimate of drug-likeness (QED) is 0.286. The minimum atomic E-state index is -0.272. The van der Waals surface area contributed by atoms with Crippen molar-refractivity contribution in [1.29, 1.82) is 0 Å². The van der Waals surface area contributed by atoms with Gasteiger partial charge in [0.25, 0.3) is 11.8 Å². The Morgan fingerprint density at radius 2 is 1.57 bits per heavy atom. The molecule has 1 aliphatic rings. The van der Waals surface area contributed by atoms with Gasteiger partial charge in [-0.05, 0) is 79.6 Å². The summed E-state index contributed by atoms with van der Waals surface area (Å²) in [5.74, 6) is 0.403. The molecule has 0 saturated carbocycles. The van der Waals surface area contributed by atoms with Crippen molar-refractivity contribution in [3.63, 3.8) is 0 Å². The Morgan fingerprint density at radius 1 is 0.865 bits per heavy atom. The van der Waals surface area contributed by atoms with E-state index in [1.807, 2.05) is 83.5 Å². The molecule has 2 atom stereocenters. The van der Waals surface area contributed by atoms with Crippen LogP contribution in [-0.4, -0.2) is 25.0 Å². The first-order valence-corrected chi connectivity index (χ1v) is 12.6. The molecule has 0 aliphatic carbocycles. The van der Waals surface area contributed by atoms with Gasteiger partial charge < -0.3 is 14.5 Å². The van der Waals surface area contributed by atoms with Crippen LogP contribution in [0.1, 0.15) is 45.7 Å². The first kappa shape index (κ1) is 24.6. The van der Waals surface area contributed by atoms with Crippen molar-refractivity contribution in [3.8, 4) is 5.75 Å². The highest BCUT2D eigenvalue weighted by molar-refractivity contribution is 6.30. The van der Waals surface area contributed by atoms with Gasteiger partial charge in [0.2, 0.25) is 0 Å². The third-order valence-corrected chi connectivity index (χ3v) is 7.00. The molecule has 4 aromatic carbocycles. The van der Waals surface area contributed by atoms with Crippen molar-refractivity contribution < 1.29 is 14.3 Å². The van der Waals surface area contributed by atoms with E-state index >= 15 is 0 Å². The van der Waals surface area contributed by atoms with Gasteiger partial charge in [0.1, 0.15) is 5.75 Å². The van der Waals surface area contributed by atoms with Gasteiger partial charge in [-0.15, -0.1) is 0 Å². The lowest BCUT2D eigenvalue weighted by Gasteiger charge is -2.43. The molecule has 0 spiro atoms. The van der Waals surface area contributed by atoms with Crippen molar-refractivity contribution in [2.24, 2.45) is 0 Å². The SMILES string of the molecule is COc1cccc(C(=O)N2c3ccccc3[C@H](N(C(=O)c3ccc(Cl)cc3)c3ccccc3)C[C@@H]2C)c1. The summed E-state index contributed by atoms with van der Waals surface area (Å²) in [6.45, 7) is 2.02. The number of carbonyl (C=O) groups is 2. The first-order valence-electron chi connectivity index (χ1n) is 12.2. The third kappa shape index (κ3) is 4.83. The summed E-state index contributed by atoms with van der Waals surface area (Å²) in [7, 11) is 1.59. The Morgan fingerprint density at radius 3 is 2.30 bits per heavy atom. The number of rotatable bonds is 5. The standard InChI is InChI=1S/C31H27ClN2O3/c1-21-19-29(34(25-10-4-3-5-11-25)30(35)22-15-17-24(32)18-16-22)27-13-6-7-14-28(27)33(21)31(36)23-9-8-12-26(20-23)37-2/h3-18,20-21,29H,19H2,1-2H3/t21-,29+/m0/s1. The van der Waals surface area contributed by atoms with E-state index in [-0.39, 0.29) is 23.9 Å². The van der Waals surface area contributed by atoms with Gasteiger partial charge in [-0.25, -0.2) is 0 Å². The number of ether oxygens (including phenoxy) is 1. The van der Waals surface area contributed by atoms with Crippen molar-refractivity contribution in [3.05, 3.63) is 125 Å². The Balaban J connectivity index is 1.59. The van der Waals surface area contributed by atoms with Gasteiger partial charge >= 0.3 is 0 Å². The molecule has 0 saturated heterocycles. The monoisotopic (exact) mass is 510 g/mol. The number of hydrogen-bond acceptors (Lipinski definition) is 3. The Bertz CT molecular complexity index is 1420. The second-order valence-corrected chi connectivity index (χ2v) is 9.52. The van der Waals surface area contributed by atoms with Gasteiger partial charge in [0.05, 0.1) is 13.2 Å². The zero-order valence-corrected chi connectivity index (χ0v) is 21.4. The van der Waals surface area contributed by atoms with E-state index in [0.29, 0.717) is 28.3 Å². The maximum atomic E-state index is 14.0. The fourth-order valence-corrected chi connectivity index (χ4v) is 5.12. The topological polar surface area (TPSA) is 49.9 Å². The lowest BCUT2D eigenvalue weighted by Crippen LogP contribution is -2.47. The van der Waals surface area contributed by atoms with Crippen molar-refractivity contribution in [1.82, 2.24) is 0 Å². The molecule has 4 aromatic rings. The lowest BCUT2D eigenvalue weighted by atomic mass is 9.89. The molecule has 0 unspecified atom stereocenters. The van der Waals surface area contributed by atoms with E-state index in [1.165, 1.54) is 0 Å². The summed E-state index contributed by atoms with van der Waals surface area (Å²) < 4.78 is 5.34. The predicted molar refractivity (Wildman–Crippen MR) is 148 cm³/mol. The lowest BCUT2D eigenvalue weighted by molar-refractivity contribution is 0.0965. The molecule has 0 radical (unpaired) electrons. The van der Waals surface area contributed by atoms with Gasteiger partial charge in [0.15, 0.2) is 0 Å². The number of anilines is 2.